The van der Waals surface area contributed by atoms with Gasteiger partial charge in [0.05, 0.1) is 0 Å². The quantitative estimate of drug-likeness (QED) is 0.393. The molecule has 0 atom stereocenters. The Kier molecular flexibility index (Phi) is 4.84. The molecule has 0 aliphatic rings. The van der Waals surface area contributed by atoms with Crippen molar-refractivity contribution in [2.45, 2.75) is 13.5 Å². The molecular weight excluding hydrogens is 318 g/mol. The fourth-order valence-electron chi connectivity index (χ4n) is 2.76. The van der Waals surface area contributed by atoms with E-state index < -0.39 is 5.97 Å². The number of para-hydroxylation sites is 2. The van der Waals surface area contributed by atoms with Crippen LogP contribution in [0, 0.1) is 0 Å². The van der Waals surface area contributed by atoms with E-state index in [2.05, 4.69) is 6.58 Å². The van der Waals surface area contributed by atoms with Gasteiger partial charge in [0.15, 0.2) is 0 Å². The molecule has 1 heterocycles. The van der Waals surface area contributed by atoms with E-state index in [0.29, 0.717) is 5.57 Å². The monoisotopic (exact) mass is 337 g/mol. The van der Waals surface area contributed by atoms with Crippen molar-refractivity contribution in [2.75, 3.05) is 13.2 Å². The lowest BCUT2D eigenvalue weighted by Gasteiger charge is -2.09. The molecule has 0 radical (unpaired) electrons. The van der Waals surface area contributed by atoms with Crippen LogP contribution in [0.1, 0.15) is 6.92 Å². The van der Waals surface area contributed by atoms with Crippen molar-refractivity contribution in [3.8, 4) is 0 Å². The lowest BCUT2D eigenvalue weighted by molar-refractivity contribution is -0.150. The minimum atomic E-state index is -0.488. The molecule has 0 aliphatic carbocycles. The van der Waals surface area contributed by atoms with Gasteiger partial charge in [-0.15, -0.1) is 0 Å². The molecule has 0 saturated carbocycles. The molecular formula is C20H19NO4. The van der Waals surface area contributed by atoms with Crippen molar-refractivity contribution in [3.63, 3.8) is 0 Å². The van der Waals surface area contributed by atoms with E-state index in [1.807, 2.05) is 53.1 Å². The second kappa shape index (κ2) is 7.21. The van der Waals surface area contributed by atoms with E-state index in [1.54, 1.807) is 6.92 Å². The van der Waals surface area contributed by atoms with Gasteiger partial charge in [0, 0.05) is 27.4 Å². The Morgan fingerprint density at radius 3 is 2.00 bits per heavy atom. The number of carbonyl (C=O) groups excluding carboxylic acids is 2. The summed E-state index contributed by atoms with van der Waals surface area (Å²) in [6, 6.07) is 15.9. The molecule has 1 aromatic heterocycles. The molecule has 0 amide bonds. The van der Waals surface area contributed by atoms with Crippen molar-refractivity contribution in [2.24, 2.45) is 0 Å². The van der Waals surface area contributed by atoms with Gasteiger partial charge < -0.3 is 14.0 Å². The standard InChI is InChI=1S/C20H19NO4/c1-14(2)20(23)25-12-11-24-19(22)13-21-17-9-5-3-7-15(17)16-8-4-6-10-18(16)21/h3-10H,1,11-13H2,2H3. The molecule has 0 N–H and O–H groups in total. The van der Waals surface area contributed by atoms with Crippen molar-refractivity contribution in [1.29, 1.82) is 0 Å². The van der Waals surface area contributed by atoms with Crippen molar-refractivity contribution < 1.29 is 19.1 Å². The highest BCUT2D eigenvalue weighted by Gasteiger charge is 2.13. The first-order valence-electron chi connectivity index (χ1n) is 8.02. The summed E-state index contributed by atoms with van der Waals surface area (Å²) >= 11 is 0. The van der Waals surface area contributed by atoms with E-state index in [1.165, 1.54) is 0 Å². The number of ether oxygens (including phenoxy) is 2. The molecule has 0 saturated heterocycles. The van der Waals surface area contributed by atoms with Gasteiger partial charge in [0.25, 0.3) is 0 Å². The fraction of sp³-hybridized carbons (Fsp3) is 0.200. The molecule has 25 heavy (non-hydrogen) atoms. The first-order valence-corrected chi connectivity index (χ1v) is 8.02. The predicted molar refractivity (Wildman–Crippen MR) is 96.2 cm³/mol. The zero-order chi connectivity index (χ0) is 17.8. The number of aromatic nitrogens is 1. The zero-order valence-corrected chi connectivity index (χ0v) is 14.0. The average Bonchev–Trinajstić information content (AvgIpc) is 2.93. The van der Waals surface area contributed by atoms with Crippen LogP contribution in [0.5, 0.6) is 0 Å². The maximum absolute atomic E-state index is 12.2. The Labute approximate surface area is 145 Å². The number of esters is 2. The summed E-state index contributed by atoms with van der Waals surface area (Å²) in [7, 11) is 0. The van der Waals surface area contributed by atoms with Gasteiger partial charge in [-0.25, -0.2) is 4.79 Å². The summed E-state index contributed by atoms with van der Waals surface area (Å²) in [5.74, 6) is -0.865. The lowest BCUT2D eigenvalue weighted by atomic mass is 10.2. The average molecular weight is 337 g/mol. The van der Waals surface area contributed by atoms with Crippen LogP contribution in [0.15, 0.2) is 60.7 Å². The normalized spacial score (nSPS) is 10.8. The summed E-state index contributed by atoms with van der Waals surface area (Å²) in [4.78, 5) is 23.4. The third kappa shape index (κ3) is 3.55. The second-order valence-corrected chi connectivity index (χ2v) is 5.76. The molecule has 0 unspecified atom stereocenters. The van der Waals surface area contributed by atoms with Crippen molar-refractivity contribution in [3.05, 3.63) is 60.7 Å². The molecule has 5 heteroatoms. The van der Waals surface area contributed by atoms with Gasteiger partial charge in [-0.1, -0.05) is 43.0 Å². The minimum absolute atomic E-state index is 0.0185. The number of fused-ring (bicyclic) bond motifs is 3. The van der Waals surface area contributed by atoms with E-state index in [4.69, 9.17) is 9.47 Å². The van der Waals surface area contributed by atoms with E-state index in [-0.39, 0.29) is 25.7 Å². The Morgan fingerprint density at radius 2 is 1.44 bits per heavy atom. The number of rotatable bonds is 6. The molecule has 0 aliphatic heterocycles. The smallest absolute Gasteiger partial charge is 0.333 e. The first kappa shape index (κ1) is 16.8. The molecule has 128 valence electrons. The van der Waals surface area contributed by atoms with Crippen LogP contribution in [0.4, 0.5) is 0 Å². The minimum Gasteiger partial charge on any atom is -0.461 e. The third-order valence-electron chi connectivity index (χ3n) is 3.90. The number of hydrogen-bond donors (Lipinski definition) is 0. The van der Waals surface area contributed by atoms with Crippen molar-refractivity contribution >= 4 is 33.7 Å². The highest BCUT2D eigenvalue weighted by atomic mass is 16.6. The van der Waals surface area contributed by atoms with Crippen LogP contribution >= 0.6 is 0 Å². The lowest BCUT2D eigenvalue weighted by Crippen LogP contribution is -2.17. The molecule has 2 aromatic carbocycles. The summed E-state index contributed by atoms with van der Waals surface area (Å²) in [5.41, 5.74) is 2.28. The number of carbonyl (C=O) groups is 2. The third-order valence-corrected chi connectivity index (χ3v) is 3.90. The highest BCUT2D eigenvalue weighted by Crippen LogP contribution is 2.28. The van der Waals surface area contributed by atoms with Gasteiger partial charge in [-0.3, -0.25) is 4.79 Å². The topological polar surface area (TPSA) is 57.5 Å². The SMILES string of the molecule is C=C(C)C(=O)OCCOC(=O)Cn1c2ccccc2c2ccccc21. The molecule has 0 spiro atoms. The molecule has 0 bridgehead atoms. The second-order valence-electron chi connectivity index (χ2n) is 5.76. The van der Waals surface area contributed by atoms with Gasteiger partial charge in [0.1, 0.15) is 19.8 Å². The molecule has 3 rings (SSSR count). The number of hydrogen-bond acceptors (Lipinski definition) is 4. The van der Waals surface area contributed by atoms with E-state index in [0.717, 1.165) is 21.8 Å². The Balaban J connectivity index is 1.71. The fourth-order valence-corrected chi connectivity index (χ4v) is 2.76. The van der Waals surface area contributed by atoms with Crippen LogP contribution in [-0.4, -0.2) is 29.7 Å². The molecule has 0 fully saturated rings. The molecule has 5 nitrogen and oxygen atoms in total. The number of benzene rings is 2. The van der Waals surface area contributed by atoms with Gasteiger partial charge in [0.2, 0.25) is 0 Å². The number of nitrogens with zero attached hydrogens (tertiary/aromatic N) is 1. The summed E-state index contributed by atoms with van der Waals surface area (Å²) in [6.45, 7) is 5.20. The largest absolute Gasteiger partial charge is 0.461 e. The van der Waals surface area contributed by atoms with Gasteiger partial charge in [-0.05, 0) is 19.1 Å². The zero-order valence-electron chi connectivity index (χ0n) is 14.0. The molecule has 3 aromatic rings. The van der Waals surface area contributed by atoms with Crippen LogP contribution in [0.3, 0.4) is 0 Å². The van der Waals surface area contributed by atoms with Crippen LogP contribution in [0.25, 0.3) is 21.8 Å². The predicted octanol–water partition coefficient (Wildman–Crippen LogP) is 3.46. The Hall–Kier alpha value is -3.08. The van der Waals surface area contributed by atoms with Crippen LogP contribution in [-0.2, 0) is 25.6 Å². The Bertz CT molecular complexity index is 901. The van der Waals surface area contributed by atoms with Crippen molar-refractivity contribution in [1.82, 2.24) is 4.57 Å². The summed E-state index contributed by atoms with van der Waals surface area (Å²) < 4.78 is 12.0. The van der Waals surface area contributed by atoms with Gasteiger partial charge >= 0.3 is 11.9 Å². The van der Waals surface area contributed by atoms with Gasteiger partial charge in [-0.2, -0.15) is 0 Å². The highest BCUT2D eigenvalue weighted by molar-refractivity contribution is 6.08. The summed E-state index contributed by atoms with van der Waals surface area (Å²) in [5, 5.41) is 2.20. The maximum Gasteiger partial charge on any atom is 0.333 e. The Morgan fingerprint density at radius 1 is 0.920 bits per heavy atom. The maximum atomic E-state index is 12.2. The van der Waals surface area contributed by atoms with Crippen LogP contribution < -0.4 is 0 Å². The summed E-state index contributed by atoms with van der Waals surface area (Å²) in [6.07, 6.45) is 0. The van der Waals surface area contributed by atoms with E-state index in [9.17, 15) is 9.59 Å². The van der Waals surface area contributed by atoms with E-state index >= 15 is 0 Å². The first-order chi connectivity index (χ1) is 12.1. The van der Waals surface area contributed by atoms with Crippen LogP contribution in [0.2, 0.25) is 0 Å².